The summed E-state index contributed by atoms with van der Waals surface area (Å²) in [6, 6.07) is 6.31. The standard InChI is InChI=1S/C51H65F3N8O8/c1-30(2)38(27-68-34-24-60(25-34)42(63)17-18-50(6,7)59(8)9)45(64)57-40-22-33-26-69-46(56-33)32-15-16-41-36(21-32)37(23-49(4,5)29-70-48(66)39-14-12-20-62(58-39)47(40)65)44(61(41)28-51(52,53)54)35-13-11-19-55-43(35)31(3)67-10/h11,13,15-16,19,21,26,30-31,34,38-40,58H,12,14,20,22-25,27-29H2,1-10H3,(H,57,64)/t31-,38?,39-,40-/m0/s1. The summed E-state index contributed by atoms with van der Waals surface area (Å²) in [4.78, 5) is 68.2. The molecule has 3 amide bonds. The molecule has 3 aromatic heterocycles. The lowest BCUT2D eigenvalue weighted by molar-refractivity contribution is -0.155. The number of carbonyl (C=O) groups is 4. The van der Waals surface area contributed by atoms with E-state index >= 15 is 0 Å². The van der Waals surface area contributed by atoms with Crippen LogP contribution in [-0.4, -0.2) is 137 Å². The zero-order chi connectivity index (χ0) is 50.9. The van der Waals surface area contributed by atoms with E-state index in [0.29, 0.717) is 70.6 Å². The van der Waals surface area contributed by atoms with E-state index < -0.39 is 65.6 Å². The van der Waals surface area contributed by atoms with Gasteiger partial charge in [0.05, 0.1) is 54.0 Å². The lowest BCUT2D eigenvalue weighted by Crippen LogP contribution is -2.61. The molecule has 4 atom stereocenters. The van der Waals surface area contributed by atoms with Gasteiger partial charge in [0.2, 0.25) is 11.8 Å². The minimum atomic E-state index is -4.60. The average molecular weight is 975 g/mol. The summed E-state index contributed by atoms with van der Waals surface area (Å²) >= 11 is 0. The number of hydrogen-bond acceptors (Lipinski definition) is 12. The number of esters is 1. The normalized spacial score (nSPS) is 20.1. The first kappa shape index (κ1) is 52.0. The Morgan fingerprint density at radius 1 is 1.11 bits per heavy atom. The van der Waals surface area contributed by atoms with Crippen molar-refractivity contribution >= 4 is 34.6 Å². The second-order valence-corrected chi connectivity index (χ2v) is 20.5. The molecular weight excluding hydrogens is 910 g/mol. The van der Waals surface area contributed by atoms with Crippen LogP contribution < -0.4 is 10.7 Å². The number of nitrogens with zero attached hydrogens (tertiary/aromatic N) is 6. The number of cyclic esters (lactones) is 1. The maximum Gasteiger partial charge on any atom is 0.406 e. The second kappa shape index (κ2) is 20.9. The largest absolute Gasteiger partial charge is 0.464 e. The predicted octanol–water partition coefficient (Wildman–Crippen LogP) is 6.12. The number of methoxy groups -OCH3 is 1. The number of hydrazine groups is 1. The maximum absolute atomic E-state index is 14.6. The summed E-state index contributed by atoms with van der Waals surface area (Å²) in [5.74, 6) is 3.15. The van der Waals surface area contributed by atoms with Gasteiger partial charge in [-0.15, -0.1) is 0 Å². The molecule has 6 heterocycles. The van der Waals surface area contributed by atoms with Crippen molar-refractivity contribution in [2.24, 2.45) is 17.3 Å². The highest BCUT2D eigenvalue weighted by atomic mass is 19.4. The van der Waals surface area contributed by atoms with Crippen LogP contribution in [0.2, 0.25) is 0 Å². The van der Waals surface area contributed by atoms with Crippen LogP contribution in [0.3, 0.4) is 0 Å². The van der Waals surface area contributed by atoms with Crippen LogP contribution in [0.15, 0.2) is 47.2 Å². The number of ether oxygens (including phenoxy) is 3. The molecule has 0 saturated carbocycles. The summed E-state index contributed by atoms with van der Waals surface area (Å²) in [5, 5.41) is 4.79. The van der Waals surface area contributed by atoms with E-state index in [1.807, 2.05) is 60.5 Å². The molecule has 0 aliphatic carbocycles. The van der Waals surface area contributed by atoms with Crippen LogP contribution in [0.5, 0.6) is 0 Å². The van der Waals surface area contributed by atoms with Crippen molar-refractivity contribution in [2.45, 2.75) is 117 Å². The van der Waals surface area contributed by atoms with E-state index in [9.17, 15) is 32.3 Å². The van der Waals surface area contributed by atoms with Gasteiger partial charge in [-0.2, -0.15) is 13.2 Å². The molecular formula is C51H65F3N8O8. The molecule has 19 heteroatoms. The molecule has 2 saturated heterocycles. The number of rotatable bonds is 11. The molecule has 2 fully saturated rings. The van der Waals surface area contributed by atoms with Gasteiger partial charge in [-0.3, -0.25) is 34.1 Å². The van der Waals surface area contributed by atoms with Crippen molar-refractivity contribution in [1.82, 2.24) is 40.1 Å². The van der Waals surface area contributed by atoms with E-state index in [1.54, 1.807) is 48.4 Å². The molecule has 3 aliphatic rings. The molecule has 4 aromatic rings. The SMILES string of the molecule is CO[C@@H](C)c1ncccc1-c1c2c3cc(ccc3n1CC(F)(F)F)-c1nc(co1)C[C@H](NC(=O)C(COC1CN(C(=O)C#CC(C)(C)N(C)C)C1)C(C)C)C(=O)N1CCC[C@H](N1)C(=O)OCC(C)(C)C2. The van der Waals surface area contributed by atoms with Crippen LogP contribution in [-0.2, 0) is 52.8 Å². The average Bonchev–Trinajstić information content (AvgIpc) is 3.87. The molecule has 0 radical (unpaired) electrons. The number of carbonyl (C=O) groups excluding carboxylic acids is 4. The van der Waals surface area contributed by atoms with Gasteiger partial charge in [-0.05, 0) is 102 Å². The highest BCUT2D eigenvalue weighted by molar-refractivity contribution is 5.95. The van der Waals surface area contributed by atoms with Gasteiger partial charge in [0, 0.05) is 66.8 Å². The number of nitrogens with one attached hydrogen (secondary N) is 2. The Bertz CT molecular complexity index is 2640. The molecule has 1 unspecified atom stereocenters. The topological polar surface area (TPSA) is 174 Å². The monoisotopic (exact) mass is 974 g/mol. The molecule has 70 heavy (non-hydrogen) atoms. The number of pyridine rings is 1. The van der Waals surface area contributed by atoms with E-state index in [0.717, 1.165) is 0 Å². The number of oxazole rings is 1. The predicted molar refractivity (Wildman–Crippen MR) is 254 cm³/mol. The summed E-state index contributed by atoms with van der Waals surface area (Å²) in [6.45, 7) is 12.7. The van der Waals surface area contributed by atoms with Crippen LogP contribution in [0, 0.1) is 29.1 Å². The van der Waals surface area contributed by atoms with Crippen molar-refractivity contribution in [3.63, 3.8) is 0 Å². The van der Waals surface area contributed by atoms with E-state index in [4.69, 9.17) is 23.6 Å². The van der Waals surface area contributed by atoms with Crippen molar-refractivity contribution in [1.29, 1.82) is 0 Å². The number of alkyl halides is 3. The van der Waals surface area contributed by atoms with Crippen LogP contribution in [0.4, 0.5) is 13.2 Å². The van der Waals surface area contributed by atoms with Gasteiger partial charge >= 0.3 is 12.1 Å². The summed E-state index contributed by atoms with van der Waals surface area (Å²) < 4.78 is 69.0. The third-order valence-corrected chi connectivity index (χ3v) is 13.5. The maximum atomic E-state index is 14.6. The fourth-order valence-electron chi connectivity index (χ4n) is 8.78. The number of halogens is 3. The van der Waals surface area contributed by atoms with Gasteiger partial charge in [0.1, 0.15) is 24.9 Å². The summed E-state index contributed by atoms with van der Waals surface area (Å²) in [5.41, 5.74) is 4.63. The number of aromatic nitrogens is 3. The fraction of sp³-hybridized carbons (Fsp3) is 0.569. The number of fused-ring (bicyclic) bond motifs is 6. The highest BCUT2D eigenvalue weighted by Crippen LogP contribution is 2.43. The van der Waals surface area contributed by atoms with E-state index in [2.05, 4.69) is 27.6 Å². The lowest BCUT2D eigenvalue weighted by atomic mass is 9.84. The first-order valence-electron chi connectivity index (χ1n) is 23.8. The molecule has 16 nitrogen and oxygen atoms in total. The molecule has 6 bridgehead atoms. The third kappa shape index (κ3) is 11.8. The zero-order valence-electron chi connectivity index (χ0n) is 41.7. The van der Waals surface area contributed by atoms with Crippen molar-refractivity contribution in [2.75, 3.05) is 54.1 Å². The molecule has 0 spiro atoms. The van der Waals surface area contributed by atoms with E-state index in [-0.39, 0.29) is 56.4 Å². The summed E-state index contributed by atoms with van der Waals surface area (Å²) in [6.07, 6.45) is -1.61. The number of likely N-dealkylation sites (tertiary alicyclic amines) is 1. The number of hydrogen-bond donors (Lipinski definition) is 2. The minimum Gasteiger partial charge on any atom is -0.464 e. The van der Waals surface area contributed by atoms with Gasteiger partial charge in [-0.1, -0.05) is 33.6 Å². The Kier molecular flexibility index (Phi) is 15.5. The highest BCUT2D eigenvalue weighted by Gasteiger charge is 2.39. The zero-order valence-corrected chi connectivity index (χ0v) is 41.7. The Hall–Kier alpha value is -5.81. The fourth-order valence-corrected chi connectivity index (χ4v) is 8.78. The smallest absolute Gasteiger partial charge is 0.406 e. The Labute approximate surface area is 406 Å². The summed E-state index contributed by atoms with van der Waals surface area (Å²) in [7, 11) is 5.29. The Morgan fingerprint density at radius 2 is 1.86 bits per heavy atom. The van der Waals surface area contributed by atoms with Crippen molar-refractivity contribution in [3.05, 3.63) is 59.7 Å². The van der Waals surface area contributed by atoms with Crippen LogP contribution >= 0.6 is 0 Å². The lowest BCUT2D eigenvalue weighted by Gasteiger charge is -2.38. The van der Waals surface area contributed by atoms with Crippen molar-refractivity contribution in [3.8, 4) is 34.6 Å². The van der Waals surface area contributed by atoms with Gasteiger partial charge in [-0.25, -0.2) is 10.4 Å². The molecule has 378 valence electrons. The first-order valence-corrected chi connectivity index (χ1v) is 23.8. The van der Waals surface area contributed by atoms with Gasteiger partial charge in [0.25, 0.3) is 11.8 Å². The second-order valence-electron chi connectivity index (χ2n) is 20.5. The van der Waals surface area contributed by atoms with Crippen molar-refractivity contribution < 1.29 is 51.0 Å². The Morgan fingerprint density at radius 3 is 2.54 bits per heavy atom. The minimum absolute atomic E-state index is 0.0289. The van der Waals surface area contributed by atoms with Gasteiger partial charge in [0.15, 0.2) is 0 Å². The third-order valence-electron chi connectivity index (χ3n) is 13.5. The number of benzene rings is 1. The van der Waals surface area contributed by atoms with E-state index in [1.165, 1.54) is 22.9 Å². The van der Waals surface area contributed by atoms with Gasteiger partial charge < -0.3 is 33.4 Å². The quantitative estimate of drug-likeness (QED) is 0.131. The molecule has 1 aromatic carbocycles. The Balaban J connectivity index is 1.21. The molecule has 3 aliphatic heterocycles. The van der Waals surface area contributed by atoms with Crippen LogP contribution in [0.25, 0.3) is 33.6 Å². The first-order chi connectivity index (χ1) is 32.9. The van der Waals surface area contributed by atoms with Crippen LogP contribution in [0.1, 0.15) is 84.4 Å². The molecule has 7 rings (SSSR count). The molecule has 2 N–H and O–H groups in total. The number of amides is 3.